The van der Waals surface area contributed by atoms with Crippen LogP contribution in [0.4, 0.5) is 0 Å². The summed E-state index contributed by atoms with van der Waals surface area (Å²) in [4.78, 5) is 6.25. The number of nitriles is 2. The Balaban J connectivity index is 3.03. The molecular formula is C15H5N5O. The molecule has 0 unspecified atom stereocenters. The summed E-state index contributed by atoms with van der Waals surface area (Å²) in [5.74, 6) is 0. The van der Waals surface area contributed by atoms with Crippen molar-refractivity contribution < 1.29 is 5.21 Å². The average Bonchev–Trinajstić information content (AvgIpc) is 2.85. The molecule has 6 nitrogen and oxygen atoms in total. The minimum atomic E-state index is -0.257. The fourth-order valence-corrected chi connectivity index (χ4v) is 2.15. The summed E-state index contributed by atoms with van der Waals surface area (Å²) in [6.07, 6.45) is 0. The minimum absolute atomic E-state index is 0.101. The number of hydrogen-bond acceptors (Lipinski definition) is 4. The van der Waals surface area contributed by atoms with Crippen LogP contribution in [0.15, 0.2) is 40.8 Å². The second kappa shape index (κ2) is 5.41. The van der Waals surface area contributed by atoms with E-state index >= 15 is 0 Å². The van der Waals surface area contributed by atoms with Crippen LogP contribution in [0.5, 0.6) is 0 Å². The van der Waals surface area contributed by atoms with E-state index < -0.39 is 0 Å². The molecule has 1 aliphatic carbocycles. The number of oxime groups is 1. The first-order chi connectivity index (χ1) is 10.2. The maximum absolute atomic E-state index is 9.25. The van der Waals surface area contributed by atoms with Gasteiger partial charge in [-0.3, -0.25) is 0 Å². The third-order valence-electron chi connectivity index (χ3n) is 2.95. The Morgan fingerprint density at radius 1 is 1.00 bits per heavy atom. The van der Waals surface area contributed by atoms with Gasteiger partial charge in [0, 0.05) is 11.1 Å². The molecule has 0 amide bonds. The summed E-state index contributed by atoms with van der Waals surface area (Å²) in [6.45, 7) is 14.1. The molecule has 2 rings (SSSR count). The van der Waals surface area contributed by atoms with Crippen LogP contribution in [0.2, 0.25) is 0 Å². The first-order valence-electron chi connectivity index (χ1n) is 5.59. The molecule has 0 aromatic heterocycles. The molecular weight excluding hydrogens is 266 g/mol. The number of fused-ring (bicyclic) bond motifs is 1. The van der Waals surface area contributed by atoms with Crippen LogP contribution < -0.4 is 0 Å². The van der Waals surface area contributed by atoms with E-state index in [1.54, 1.807) is 36.4 Å². The van der Waals surface area contributed by atoms with Gasteiger partial charge in [-0.15, -0.1) is 0 Å². The van der Waals surface area contributed by atoms with Crippen molar-refractivity contribution in [3.05, 3.63) is 69.6 Å². The van der Waals surface area contributed by atoms with E-state index in [2.05, 4.69) is 14.8 Å². The molecule has 0 atom stereocenters. The highest BCUT2D eigenvalue weighted by Gasteiger charge is 2.33. The van der Waals surface area contributed by atoms with Gasteiger partial charge in [0.2, 0.25) is 0 Å². The molecule has 0 spiro atoms. The fraction of sp³-hybridized carbons (Fsp3) is 0. The standard InChI is InChI=1S/C15H5N5O/c1-18-11(7-16)13-9-5-3-4-6-10(9)14(15(13)20-21)12(8-17)19-2/h3-6,21H/b13-11+,14-12+. The van der Waals surface area contributed by atoms with E-state index in [0.29, 0.717) is 11.1 Å². The maximum atomic E-state index is 9.25. The first-order valence-corrected chi connectivity index (χ1v) is 5.59. The van der Waals surface area contributed by atoms with Crippen LogP contribution in [-0.4, -0.2) is 10.9 Å². The van der Waals surface area contributed by atoms with Gasteiger partial charge in [0.25, 0.3) is 11.4 Å². The topological polar surface area (TPSA) is 88.9 Å². The molecule has 6 heteroatoms. The van der Waals surface area contributed by atoms with Crippen LogP contribution in [-0.2, 0) is 0 Å². The average molecular weight is 271 g/mol. The van der Waals surface area contributed by atoms with Gasteiger partial charge >= 0.3 is 0 Å². The Morgan fingerprint density at radius 2 is 1.43 bits per heavy atom. The summed E-state index contributed by atoms with van der Waals surface area (Å²) in [6, 6.07) is 10.2. The van der Waals surface area contributed by atoms with E-state index in [4.69, 9.17) is 23.7 Å². The van der Waals surface area contributed by atoms with Crippen molar-refractivity contribution in [3.8, 4) is 12.1 Å². The lowest BCUT2D eigenvalue weighted by molar-refractivity contribution is 0.320. The third-order valence-corrected chi connectivity index (χ3v) is 2.95. The van der Waals surface area contributed by atoms with Gasteiger partial charge < -0.3 is 5.21 Å². The third kappa shape index (κ3) is 1.90. The molecule has 0 saturated carbocycles. The number of benzene rings is 1. The molecule has 0 bridgehead atoms. The van der Waals surface area contributed by atoms with Gasteiger partial charge in [0.1, 0.15) is 0 Å². The summed E-state index contributed by atoms with van der Waals surface area (Å²) in [7, 11) is 0. The molecule has 96 valence electrons. The van der Waals surface area contributed by atoms with Gasteiger partial charge in [-0.05, 0) is 11.1 Å². The molecule has 0 heterocycles. The Kier molecular flexibility index (Phi) is 3.49. The molecule has 21 heavy (non-hydrogen) atoms. The molecule has 1 N–H and O–H groups in total. The van der Waals surface area contributed by atoms with E-state index in [9.17, 15) is 5.21 Å². The Morgan fingerprint density at radius 3 is 1.71 bits per heavy atom. The SMILES string of the molecule is [C-]#[N+]/C(C#N)=C1/C(=NO)/C(=C(\C#N)[N+]#[C-])c2ccccc21. The maximum Gasteiger partial charge on any atom is 0.271 e. The van der Waals surface area contributed by atoms with Crippen molar-refractivity contribution in [2.24, 2.45) is 5.16 Å². The van der Waals surface area contributed by atoms with E-state index in [1.807, 2.05) is 0 Å². The van der Waals surface area contributed by atoms with Gasteiger partial charge in [-0.1, -0.05) is 29.4 Å². The number of hydrogen-bond donors (Lipinski definition) is 1. The summed E-state index contributed by atoms with van der Waals surface area (Å²) in [5, 5.41) is 30.5. The van der Waals surface area contributed by atoms with Crippen molar-refractivity contribution in [1.82, 2.24) is 0 Å². The molecule has 1 aromatic rings. The van der Waals surface area contributed by atoms with Crippen molar-refractivity contribution in [2.75, 3.05) is 0 Å². The highest BCUT2D eigenvalue weighted by Crippen LogP contribution is 2.41. The quantitative estimate of drug-likeness (QED) is 0.340. The summed E-state index contributed by atoms with van der Waals surface area (Å²) >= 11 is 0. The lowest BCUT2D eigenvalue weighted by Gasteiger charge is -2.00. The van der Waals surface area contributed by atoms with Crippen LogP contribution in [0, 0.1) is 35.8 Å². The van der Waals surface area contributed by atoms with Crippen molar-refractivity contribution in [3.63, 3.8) is 0 Å². The molecule has 0 saturated heterocycles. The summed E-state index contributed by atoms with van der Waals surface area (Å²) in [5.41, 5.74) is 0.638. The highest BCUT2D eigenvalue weighted by molar-refractivity contribution is 6.51. The smallest absolute Gasteiger partial charge is 0.271 e. The zero-order chi connectivity index (χ0) is 15.4. The zero-order valence-electron chi connectivity index (χ0n) is 10.5. The number of rotatable bonds is 0. The van der Waals surface area contributed by atoms with Crippen LogP contribution in [0.25, 0.3) is 20.8 Å². The predicted octanol–water partition coefficient (Wildman–Crippen LogP) is 2.84. The normalized spacial score (nSPS) is 16.7. The molecule has 0 fully saturated rings. The largest absolute Gasteiger partial charge is 0.410 e. The van der Waals surface area contributed by atoms with Crippen LogP contribution >= 0.6 is 0 Å². The Labute approximate surface area is 120 Å². The van der Waals surface area contributed by atoms with Crippen molar-refractivity contribution in [1.29, 1.82) is 10.5 Å². The van der Waals surface area contributed by atoms with Gasteiger partial charge in [0.05, 0.1) is 31.0 Å². The minimum Gasteiger partial charge on any atom is -0.410 e. The van der Waals surface area contributed by atoms with E-state index in [0.717, 1.165) is 0 Å². The fourth-order valence-electron chi connectivity index (χ4n) is 2.15. The predicted molar refractivity (Wildman–Crippen MR) is 73.9 cm³/mol. The molecule has 0 aliphatic heterocycles. The first kappa shape index (κ1) is 13.6. The second-order valence-electron chi connectivity index (χ2n) is 3.89. The van der Waals surface area contributed by atoms with Gasteiger partial charge in [0.15, 0.2) is 0 Å². The monoisotopic (exact) mass is 271 g/mol. The molecule has 1 aliphatic rings. The second-order valence-corrected chi connectivity index (χ2v) is 3.89. The van der Waals surface area contributed by atoms with Crippen molar-refractivity contribution in [2.45, 2.75) is 0 Å². The number of nitrogens with zero attached hydrogens (tertiary/aromatic N) is 5. The van der Waals surface area contributed by atoms with E-state index in [-0.39, 0.29) is 28.3 Å². The van der Waals surface area contributed by atoms with Gasteiger partial charge in [-0.25, -0.2) is 20.2 Å². The van der Waals surface area contributed by atoms with E-state index in [1.165, 1.54) is 0 Å². The van der Waals surface area contributed by atoms with Crippen LogP contribution in [0.3, 0.4) is 0 Å². The lowest BCUT2D eigenvalue weighted by atomic mass is 10.1. The van der Waals surface area contributed by atoms with Crippen LogP contribution in [0.1, 0.15) is 11.1 Å². The molecule has 1 aromatic carbocycles. The number of allylic oxidation sites excluding steroid dienone is 4. The molecule has 0 radical (unpaired) electrons. The lowest BCUT2D eigenvalue weighted by Crippen LogP contribution is -1.99. The summed E-state index contributed by atoms with van der Waals surface area (Å²) < 4.78 is 0. The van der Waals surface area contributed by atoms with Crippen molar-refractivity contribution >= 4 is 16.9 Å². The highest BCUT2D eigenvalue weighted by atomic mass is 16.4. The Bertz CT molecular complexity index is 789. The Hall–Kier alpha value is -3.87. The zero-order valence-corrected chi connectivity index (χ0v) is 10.5. The van der Waals surface area contributed by atoms with Gasteiger partial charge in [-0.2, -0.15) is 0 Å².